The maximum absolute atomic E-state index is 5.40. The van der Waals surface area contributed by atoms with Gasteiger partial charge >= 0.3 is 0 Å². The fourth-order valence-corrected chi connectivity index (χ4v) is 1.39. The van der Waals surface area contributed by atoms with E-state index in [2.05, 4.69) is 33.9 Å². The highest BCUT2D eigenvalue weighted by molar-refractivity contribution is 9.11. The average Bonchev–Trinajstić information content (AvgIpc) is 2.29. The summed E-state index contributed by atoms with van der Waals surface area (Å²) in [6.45, 7) is 9.29. The normalized spacial score (nSPS) is 10.4. The Balaban J connectivity index is 2.45. The third kappa shape index (κ3) is 3.36. The second-order valence-electron chi connectivity index (χ2n) is 3.06. The summed E-state index contributed by atoms with van der Waals surface area (Å²) >= 11 is 3.29. The van der Waals surface area contributed by atoms with Crippen molar-refractivity contribution in [2.45, 2.75) is 20.4 Å². The van der Waals surface area contributed by atoms with Crippen LogP contribution in [-0.2, 0) is 6.54 Å². The lowest BCUT2D eigenvalue weighted by molar-refractivity contribution is 0.499. The van der Waals surface area contributed by atoms with Gasteiger partial charge < -0.3 is 9.73 Å². The summed E-state index contributed by atoms with van der Waals surface area (Å²) in [7, 11) is 0. The fourth-order valence-electron chi connectivity index (χ4n) is 1.19. The average molecular weight is 244 g/mol. The molecular formula is C10H14BrNO. The molecule has 1 aromatic rings. The van der Waals surface area contributed by atoms with Crippen LogP contribution in [0.3, 0.4) is 0 Å². The quantitative estimate of drug-likeness (QED) is 0.880. The molecule has 3 heteroatoms. The number of hydrogen-bond acceptors (Lipinski definition) is 2. The van der Waals surface area contributed by atoms with Crippen molar-refractivity contribution in [3.8, 4) is 0 Å². The van der Waals surface area contributed by atoms with Crippen molar-refractivity contribution in [3.05, 3.63) is 34.2 Å². The Morgan fingerprint density at radius 1 is 1.62 bits per heavy atom. The molecular weight excluding hydrogens is 230 g/mol. The predicted octanol–water partition coefficient (Wildman–Crippen LogP) is 2.89. The molecule has 0 saturated carbocycles. The van der Waals surface area contributed by atoms with E-state index in [1.807, 2.05) is 13.8 Å². The van der Waals surface area contributed by atoms with Gasteiger partial charge in [0.2, 0.25) is 0 Å². The standard InChI is InChI=1S/C10H14BrNO/c1-7(11)5-12-6-10-4-8(2)13-9(10)3/h4,12H,1,5-6H2,2-3H3. The summed E-state index contributed by atoms with van der Waals surface area (Å²) in [5.41, 5.74) is 1.21. The highest BCUT2D eigenvalue weighted by Gasteiger charge is 2.03. The largest absolute Gasteiger partial charge is 0.466 e. The molecule has 0 radical (unpaired) electrons. The topological polar surface area (TPSA) is 25.2 Å². The Kier molecular flexibility index (Phi) is 3.75. The predicted molar refractivity (Wildman–Crippen MR) is 58.0 cm³/mol. The molecule has 13 heavy (non-hydrogen) atoms. The van der Waals surface area contributed by atoms with Gasteiger partial charge in [-0.25, -0.2) is 0 Å². The highest BCUT2D eigenvalue weighted by Crippen LogP contribution is 2.13. The first kappa shape index (κ1) is 10.5. The number of halogens is 1. The third-order valence-electron chi connectivity index (χ3n) is 1.78. The summed E-state index contributed by atoms with van der Waals surface area (Å²) in [4.78, 5) is 0. The molecule has 1 aromatic heterocycles. The van der Waals surface area contributed by atoms with E-state index in [9.17, 15) is 0 Å². The summed E-state index contributed by atoms with van der Waals surface area (Å²) in [5, 5.41) is 3.25. The van der Waals surface area contributed by atoms with Crippen LogP contribution >= 0.6 is 15.9 Å². The molecule has 0 fully saturated rings. The Hall–Kier alpha value is -0.540. The fraction of sp³-hybridized carbons (Fsp3) is 0.400. The number of hydrogen-bond donors (Lipinski definition) is 1. The minimum atomic E-state index is 0.781. The van der Waals surface area contributed by atoms with Gasteiger partial charge in [-0.1, -0.05) is 22.5 Å². The molecule has 0 aliphatic carbocycles. The number of furan rings is 1. The van der Waals surface area contributed by atoms with Crippen LogP contribution in [0.1, 0.15) is 17.1 Å². The monoisotopic (exact) mass is 243 g/mol. The second-order valence-corrected chi connectivity index (χ2v) is 4.18. The van der Waals surface area contributed by atoms with E-state index in [1.54, 1.807) is 0 Å². The van der Waals surface area contributed by atoms with E-state index >= 15 is 0 Å². The van der Waals surface area contributed by atoms with Gasteiger partial charge in [0.25, 0.3) is 0 Å². The van der Waals surface area contributed by atoms with Gasteiger partial charge in [-0.2, -0.15) is 0 Å². The molecule has 0 saturated heterocycles. The van der Waals surface area contributed by atoms with Crippen LogP contribution in [0.2, 0.25) is 0 Å². The lowest BCUT2D eigenvalue weighted by Gasteiger charge is -2.01. The number of rotatable bonds is 4. The number of nitrogens with one attached hydrogen (secondary N) is 1. The molecule has 0 atom stereocenters. The SMILES string of the molecule is C=C(Br)CNCc1cc(C)oc1C. The Labute approximate surface area is 87.1 Å². The minimum absolute atomic E-state index is 0.781. The van der Waals surface area contributed by atoms with Crippen LogP contribution in [0.25, 0.3) is 0 Å². The zero-order chi connectivity index (χ0) is 9.84. The molecule has 0 spiro atoms. The molecule has 0 aliphatic rings. The molecule has 1 heterocycles. The molecule has 2 nitrogen and oxygen atoms in total. The van der Waals surface area contributed by atoms with E-state index in [1.165, 1.54) is 5.56 Å². The molecule has 0 aliphatic heterocycles. The third-order valence-corrected chi connectivity index (χ3v) is 2.06. The van der Waals surface area contributed by atoms with Gasteiger partial charge in [-0.05, 0) is 19.9 Å². The Morgan fingerprint density at radius 3 is 2.77 bits per heavy atom. The molecule has 0 aromatic carbocycles. The van der Waals surface area contributed by atoms with Crippen LogP contribution in [0.5, 0.6) is 0 Å². The summed E-state index contributed by atoms with van der Waals surface area (Å²) in [6.07, 6.45) is 0. The maximum atomic E-state index is 5.40. The van der Waals surface area contributed by atoms with Crippen molar-refractivity contribution in [1.82, 2.24) is 5.32 Å². The van der Waals surface area contributed by atoms with Gasteiger partial charge in [0, 0.05) is 23.1 Å². The molecule has 1 N–H and O–H groups in total. The zero-order valence-corrected chi connectivity index (χ0v) is 9.57. The smallest absolute Gasteiger partial charge is 0.105 e. The van der Waals surface area contributed by atoms with Crippen molar-refractivity contribution in [2.24, 2.45) is 0 Å². The Morgan fingerprint density at radius 2 is 2.31 bits per heavy atom. The first-order valence-electron chi connectivity index (χ1n) is 4.19. The molecule has 72 valence electrons. The highest BCUT2D eigenvalue weighted by atomic mass is 79.9. The summed E-state index contributed by atoms with van der Waals surface area (Å²) in [5.74, 6) is 1.96. The van der Waals surface area contributed by atoms with E-state index in [0.29, 0.717) is 0 Å². The number of aryl methyl sites for hydroxylation is 2. The van der Waals surface area contributed by atoms with E-state index in [4.69, 9.17) is 4.42 Å². The van der Waals surface area contributed by atoms with Crippen molar-refractivity contribution in [2.75, 3.05) is 6.54 Å². The molecule has 1 rings (SSSR count). The second kappa shape index (κ2) is 4.63. The first-order valence-corrected chi connectivity index (χ1v) is 4.99. The lowest BCUT2D eigenvalue weighted by atomic mass is 10.2. The van der Waals surface area contributed by atoms with Gasteiger partial charge in [0.05, 0.1) is 0 Å². The lowest BCUT2D eigenvalue weighted by Crippen LogP contribution is -2.14. The van der Waals surface area contributed by atoms with Crippen LogP contribution in [-0.4, -0.2) is 6.54 Å². The van der Waals surface area contributed by atoms with Gasteiger partial charge in [-0.3, -0.25) is 0 Å². The summed E-state index contributed by atoms with van der Waals surface area (Å²) in [6, 6.07) is 2.05. The van der Waals surface area contributed by atoms with Crippen LogP contribution < -0.4 is 5.32 Å². The van der Waals surface area contributed by atoms with E-state index in [0.717, 1.165) is 29.1 Å². The van der Waals surface area contributed by atoms with E-state index < -0.39 is 0 Å². The van der Waals surface area contributed by atoms with Crippen molar-refractivity contribution in [1.29, 1.82) is 0 Å². The van der Waals surface area contributed by atoms with Crippen LogP contribution in [0, 0.1) is 13.8 Å². The minimum Gasteiger partial charge on any atom is -0.466 e. The van der Waals surface area contributed by atoms with Crippen LogP contribution in [0.15, 0.2) is 21.5 Å². The van der Waals surface area contributed by atoms with Gasteiger partial charge in [0.1, 0.15) is 11.5 Å². The van der Waals surface area contributed by atoms with Crippen molar-refractivity contribution < 1.29 is 4.42 Å². The first-order chi connectivity index (χ1) is 6.09. The van der Waals surface area contributed by atoms with Gasteiger partial charge in [0.15, 0.2) is 0 Å². The van der Waals surface area contributed by atoms with Crippen molar-refractivity contribution >= 4 is 15.9 Å². The zero-order valence-electron chi connectivity index (χ0n) is 7.98. The van der Waals surface area contributed by atoms with Crippen molar-refractivity contribution in [3.63, 3.8) is 0 Å². The Bertz CT molecular complexity index is 304. The molecule has 0 amide bonds. The molecule has 0 unspecified atom stereocenters. The van der Waals surface area contributed by atoms with Gasteiger partial charge in [-0.15, -0.1) is 0 Å². The van der Waals surface area contributed by atoms with E-state index in [-0.39, 0.29) is 0 Å². The molecule has 0 bridgehead atoms. The van der Waals surface area contributed by atoms with Crippen LogP contribution in [0.4, 0.5) is 0 Å². The summed E-state index contributed by atoms with van der Waals surface area (Å²) < 4.78 is 6.36. The maximum Gasteiger partial charge on any atom is 0.105 e.